The highest BCUT2D eigenvalue weighted by molar-refractivity contribution is 5.36. The molecular weight excluding hydrogens is 172 g/mol. The Bertz CT molecular complexity index is 344. The van der Waals surface area contributed by atoms with E-state index < -0.39 is 0 Å². The number of hydrogen-bond acceptors (Lipinski definition) is 2. The van der Waals surface area contributed by atoms with Gasteiger partial charge in [0.1, 0.15) is 0 Å². The summed E-state index contributed by atoms with van der Waals surface area (Å²) in [4.78, 5) is 0. The molecule has 2 rings (SSSR count). The van der Waals surface area contributed by atoms with Crippen LogP contribution in [0.25, 0.3) is 0 Å². The van der Waals surface area contributed by atoms with Crippen LogP contribution in [0, 0.1) is 11.3 Å². The molecule has 1 aromatic carbocycles. The minimum Gasteiger partial charge on any atom is -0.317 e. The Morgan fingerprint density at radius 1 is 1.36 bits per heavy atom. The number of nitrogens with zero attached hydrogens (tertiary/aromatic N) is 1. The van der Waals surface area contributed by atoms with E-state index in [1.165, 1.54) is 0 Å². The summed E-state index contributed by atoms with van der Waals surface area (Å²) in [6, 6.07) is 13.1. The fourth-order valence-corrected chi connectivity index (χ4v) is 2.13. The van der Waals surface area contributed by atoms with Crippen LogP contribution in [0.2, 0.25) is 0 Å². The van der Waals surface area contributed by atoms with Crippen molar-refractivity contribution < 1.29 is 0 Å². The fourth-order valence-electron chi connectivity index (χ4n) is 2.13. The number of nitrogens with one attached hydrogen (secondary N) is 1. The van der Waals surface area contributed by atoms with E-state index >= 15 is 0 Å². The van der Waals surface area contributed by atoms with Crippen molar-refractivity contribution in [1.29, 1.82) is 5.26 Å². The Morgan fingerprint density at radius 3 is 2.50 bits per heavy atom. The normalized spacial score (nSPS) is 30.4. The summed E-state index contributed by atoms with van der Waals surface area (Å²) < 4.78 is 0. The van der Waals surface area contributed by atoms with Crippen molar-refractivity contribution in [3.05, 3.63) is 35.9 Å². The van der Waals surface area contributed by atoms with Crippen LogP contribution in [0.4, 0.5) is 0 Å². The van der Waals surface area contributed by atoms with E-state index in [0.717, 1.165) is 18.4 Å². The van der Waals surface area contributed by atoms with E-state index in [1.807, 2.05) is 25.2 Å². The molecule has 0 saturated heterocycles. The zero-order chi connectivity index (χ0) is 10.0. The Morgan fingerprint density at radius 2 is 2.00 bits per heavy atom. The number of benzene rings is 1. The van der Waals surface area contributed by atoms with E-state index in [2.05, 4.69) is 23.5 Å². The largest absolute Gasteiger partial charge is 0.317 e. The van der Waals surface area contributed by atoms with Crippen LogP contribution in [0.5, 0.6) is 0 Å². The second-order valence-corrected chi connectivity index (χ2v) is 3.95. The molecule has 1 aromatic rings. The first-order chi connectivity index (χ1) is 6.80. The smallest absolute Gasteiger partial charge is 0.0852 e. The summed E-state index contributed by atoms with van der Waals surface area (Å²) in [7, 11) is 1.96. The molecule has 72 valence electrons. The lowest BCUT2D eigenvalue weighted by Crippen LogP contribution is -2.49. The summed E-state index contributed by atoms with van der Waals surface area (Å²) in [5, 5.41) is 12.4. The van der Waals surface area contributed by atoms with Crippen LogP contribution in [-0.2, 0) is 5.41 Å². The highest BCUT2D eigenvalue weighted by Gasteiger charge is 2.45. The number of hydrogen-bond donors (Lipinski definition) is 1. The molecule has 0 bridgehead atoms. The second-order valence-electron chi connectivity index (χ2n) is 3.95. The van der Waals surface area contributed by atoms with Crippen molar-refractivity contribution in [1.82, 2.24) is 5.32 Å². The summed E-state index contributed by atoms with van der Waals surface area (Å²) >= 11 is 0. The Balaban J connectivity index is 2.22. The topological polar surface area (TPSA) is 35.8 Å². The van der Waals surface area contributed by atoms with Gasteiger partial charge < -0.3 is 5.32 Å². The van der Waals surface area contributed by atoms with Gasteiger partial charge in [0.15, 0.2) is 0 Å². The van der Waals surface area contributed by atoms with Gasteiger partial charge in [-0.15, -0.1) is 0 Å². The van der Waals surface area contributed by atoms with Crippen LogP contribution < -0.4 is 5.32 Å². The van der Waals surface area contributed by atoms with Gasteiger partial charge in [0.25, 0.3) is 0 Å². The lowest BCUT2D eigenvalue weighted by Gasteiger charge is -2.42. The zero-order valence-corrected chi connectivity index (χ0v) is 8.33. The third-order valence-electron chi connectivity index (χ3n) is 3.14. The van der Waals surface area contributed by atoms with Gasteiger partial charge >= 0.3 is 0 Å². The maximum Gasteiger partial charge on any atom is 0.0852 e. The van der Waals surface area contributed by atoms with Gasteiger partial charge in [-0.25, -0.2) is 0 Å². The third kappa shape index (κ3) is 1.30. The maximum atomic E-state index is 9.23. The quantitative estimate of drug-likeness (QED) is 0.764. The molecule has 0 unspecified atom stereocenters. The highest BCUT2D eigenvalue weighted by Crippen LogP contribution is 2.42. The average molecular weight is 186 g/mol. The van der Waals surface area contributed by atoms with Crippen LogP contribution in [0.1, 0.15) is 18.4 Å². The van der Waals surface area contributed by atoms with Crippen molar-refractivity contribution in [3.8, 4) is 6.07 Å². The van der Waals surface area contributed by atoms with Crippen LogP contribution >= 0.6 is 0 Å². The second kappa shape index (κ2) is 3.43. The van der Waals surface area contributed by atoms with Crippen molar-refractivity contribution in [2.45, 2.75) is 24.3 Å². The molecule has 0 amide bonds. The van der Waals surface area contributed by atoms with E-state index in [-0.39, 0.29) is 5.41 Å². The first kappa shape index (κ1) is 9.23. The first-order valence-electron chi connectivity index (χ1n) is 4.95. The summed E-state index contributed by atoms with van der Waals surface area (Å²) in [5.41, 5.74) is 0.934. The molecule has 0 aromatic heterocycles. The standard InChI is InChI=1S/C12H14N2/c1-14-11-7-12(8-11,9-13)10-5-3-2-4-6-10/h2-6,11,14H,7-8H2,1H3. The summed E-state index contributed by atoms with van der Waals surface area (Å²) in [6.45, 7) is 0. The van der Waals surface area contributed by atoms with Gasteiger partial charge in [-0.3, -0.25) is 0 Å². The van der Waals surface area contributed by atoms with Gasteiger partial charge in [-0.1, -0.05) is 30.3 Å². The number of nitriles is 1. The molecule has 0 heterocycles. The summed E-state index contributed by atoms with van der Waals surface area (Å²) in [5.74, 6) is 0. The Hall–Kier alpha value is -1.33. The van der Waals surface area contributed by atoms with E-state index in [1.54, 1.807) is 0 Å². The lowest BCUT2D eigenvalue weighted by molar-refractivity contribution is 0.238. The highest BCUT2D eigenvalue weighted by atomic mass is 14.9. The SMILES string of the molecule is CNC1CC(C#N)(c2ccccc2)C1. The van der Waals surface area contributed by atoms with Gasteiger partial charge in [0.2, 0.25) is 0 Å². The molecule has 2 heteroatoms. The molecule has 0 aliphatic heterocycles. The molecule has 1 fully saturated rings. The third-order valence-corrected chi connectivity index (χ3v) is 3.14. The van der Waals surface area contributed by atoms with E-state index in [4.69, 9.17) is 0 Å². The molecule has 1 aliphatic carbocycles. The molecule has 14 heavy (non-hydrogen) atoms. The molecule has 1 saturated carbocycles. The monoisotopic (exact) mass is 186 g/mol. The van der Waals surface area contributed by atoms with Crippen LogP contribution in [0.3, 0.4) is 0 Å². The van der Waals surface area contributed by atoms with Crippen molar-refractivity contribution in [2.24, 2.45) is 0 Å². The minimum atomic E-state index is -0.227. The van der Waals surface area contributed by atoms with Crippen molar-refractivity contribution in [3.63, 3.8) is 0 Å². The zero-order valence-electron chi connectivity index (χ0n) is 8.33. The van der Waals surface area contributed by atoms with Crippen molar-refractivity contribution >= 4 is 0 Å². The molecule has 1 N–H and O–H groups in total. The van der Waals surface area contributed by atoms with Gasteiger partial charge in [-0.2, -0.15) is 5.26 Å². The molecule has 2 nitrogen and oxygen atoms in total. The van der Waals surface area contributed by atoms with Gasteiger partial charge in [0.05, 0.1) is 11.5 Å². The van der Waals surface area contributed by atoms with E-state index in [0.29, 0.717) is 6.04 Å². The predicted octanol–water partition coefficient (Wildman–Crippen LogP) is 1.83. The average Bonchev–Trinajstić information content (AvgIpc) is 2.19. The fraction of sp³-hybridized carbons (Fsp3) is 0.417. The first-order valence-corrected chi connectivity index (χ1v) is 4.95. The van der Waals surface area contributed by atoms with Crippen LogP contribution in [0.15, 0.2) is 30.3 Å². The van der Waals surface area contributed by atoms with Gasteiger partial charge in [0, 0.05) is 6.04 Å². The van der Waals surface area contributed by atoms with Crippen molar-refractivity contribution in [2.75, 3.05) is 7.05 Å². The molecule has 0 radical (unpaired) electrons. The summed E-state index contributed by atoms with van der Waals surface area (Å²) in [6.07, 6.45) is 1.87. The molecular formula is C12H14N2. The molecule has 1 aliphatic rings. The minimum absolute atomic E-state index is 0.227. The Kier molecular flexibility index (Phi) is 2.26. The predicted molar refractivity (Wildman–Crippen MR) is 55.8 cm³/mol. The van der Waals surface area contributed by atoms with E-state index in [9.17, 15) is 5.26 Å². The molecule has 0 atom stereocenters. The van der Waals surface area contributed by atoms with Gasteiger partial charge in [-0.05, 0) is 25.5 Å². The van der Waals surface area contributed by atoms with Crippen LogP contribution in [-0.4, -0.2) is 13.1 Å². The molecule has 0 spiro atoms. The maximum absolute atomic E-state index is 9.23. The Labute approximate surface area is 84.6 Å². The number of rotatable bonds is 2. The lowest BCUT2D eigenvalue weighted by atomic mass is 9.62.